The Balaban J connectivity index is 3.82. The molecule has 0 heterocycles. The quantitative estimate of drug-likeness (QED) is 0.581. The molecule has 0 aliphatic rings. The third-order valence-corrected chi connectivity index (χ3v) is 2.23. The molecule has 0 fully saturated rings. The van der Waals surface area contributed by atoms with Gasteiger partial charge in [-0.25, -0.2) is 0 Å². The Kier molecular flexibility index (Phi) is 3.78. The van der Waals surface area contributed by atoms with Gasteiger partial charge < -0.3 is 0 Å². The van der Waals surface area contributed by atoms with E-state index in [0.29, 0.717) is 0 Å². The van der Waals surface area contributed by atoms with Crippen LogP contribution in [0.5, 0.6) is 0 Å². The smallest absolute Gasteiger partial charge is 0.0474 e. The van der Waals surface area contributed by atoms with Gasteiger partial charge in [-0.3, -0.25) is 0 Å². The fraction of sp³-hybridized carbons (Fsp3) is 1.00. The summed E-state index contributed by atoms with van der Waals surface area (Å²) in [6.45, 7) is 6.00. The Morgan fingerprint density at radius 1 is 1.11 bits per heavy atom. The highest BCUT2D eigenvalue weighted by atomic mass is 19.2. The van der Waals surface area contributed by atoms with Crippen molar-refractivity contribution in [3.8, 4) is 0 Å². The molecule has 0 rings (SSSR count). The highest BCUT2D eigenvalue weighted by Crippen LogP contribution is 2.18. The van der Waals surface area contributed by atoms with Gasteiger partial charge in [0, 0.05) is 5.54 Å². The van der Waals surface area contributed by atoms with Crippen molar-refractivity contribution in [1.82, 2.24) is 5.54 Å². The topological polar surface area (TPSA) is 12.0 Å². The van der Waals surface area contributed by atoms with Crippen LogP contribution in [0.15, 0.2) is 0 Å². The molecule has 0 atom stereocenters. The molecule has 1 nitrogen and oxygen atoms in total. The highest BCUT2D eigenvalue weighted by molar-refractivity contribution is 4.79. The molecule has 0 aromatic rings. The molecule has 0 saturated carbocycles. The number of rotatable bonds is 4. The Morgan fingerprint density at radius 2 is 1.44 bits per heavy atom. The molecule has 0 spiro atoms. The molecular formula is C7H16FN. The first kappa shape index (κ1) is 8.89. The summed E-state index contributed by atoms with van der Waals surface area (Å²) in [4.78, 5) is 0. The molecule has 0 bridgehead atoms. The lowest BCUT2D eigenvalue weighted by atomic mass is 9.91. The second-order valence-electron chi connectivity index (χ2n) is 2.44. The van der Waals surface area contributed by atoms with E-state index in [4.69, 9.17) is 0 Å². The van der Waals surface area contributed by atoms with Crippen LogP contribution in [-0.4, -0.2) is 5.54 Å². The average Bonchev–Trinajstić information content (AvgIpc) is 1.95. The molecule has 0 radical (unpaired) electrons. The van der Waals surface area contributed by atoms with Gasteiger partial charge in [-0.1, -0.05) is 20.8 Å². The summed E-state index contributed by atoms with van der Waals surface area (Å²) in [5, 5.41) is 0. The Morgan fingerprint density at radius 3 is 1.44 bits per heavy atom. The molecule has 1 N–H and O–H groups in total. The van der Waals surface area contributed by atoms with E-state index in [1.807, 2.05) is 26.3 Å². The van der Waals surface area contributed by atoms with Gasteiger partial charge in [0.2, 0.25) is 0 Å². The van der Waals surface area contributed by atoms with Crippen molar-refractivity contribution in [3.63, 3.8) is 0 Å². The maximum Gasteiger partial charge on any atom is 0.0474 e. The monoisotopic (exact) mass is 133 g/mol. The fourth-order valence-corrected chi connectivity index (χ4v) is 0.950. The summed E-state index contributed by atoms with van der Waals surface area (Å²) in [5.74, 6) is 0. The molecule has 0 aromatic carbocycles. The molecular weight excluding hydrogens is 117 g/mol. The van der Waals surface area contributed by atoms with Crippen LogP contribution >= 0.6 is 0 Å². The Bertz CT molecular complexity index is 51.8. The van der Waals surface area contributed by atoms with Gasteiger partial charge in [0.05, 0.1) is 0 Å². The van der Waals surface area contributed by atoms with Crippen molar-refractivity contribution in [2.24, 2.45) is 0 Å². The normalized spacial score (nSPS) is 12.0. The van der Waals surface area contributed by atoms with Crippen molar-refractivity contribution >= 4 is 0 Å². The van der Waals surface area contributed by atoms with E-state index in [1.54, 1.807) is 0 Å². The highest BCUT2D eigenvalue weighted by Gasteiger charge is 2.22. The van der Waals surface area contributed by atoms with Crippen LogP contribution in [0.25, 0.3) is 0 Å². The summed E-state index contributed by atoms with van der Waals surface area (Å²) < 4.78 is 12.1. The van der Waals surface area contributed by atoms with E-state index in [0.717, 1.165) is 19.3 Å². The van der Waals surface area contributed by atoms with E-state index >= 15 is 0 Å². The maximum atomic E-state index is 12.1. The molecule has 9 heavy (non-hydrogen) atoms. The third-order valence-electron chi connectivity index (χ3n) is 2.23. The fourth-order valence-electron chi connectivity index (χ4n) is 0.950. The van der Waals surface area contributed by atoms with Crippen molar-refractivity contribution in [2.45, 2.75) is 45.6 Å². The van der Waals surface area contributed by atoms with Gasteiger partial charge in [-0.05, 0) is 19.3 Å². The van der Waals surface area contributed by atoms with Crippen molar-refractivity contribution < 1.29 is 4.48 Å². The van der Waals surface area contributed by atoms with E-state index in [2.05, 4.69) is 0 Å². The average molecular weight is 133 g/mol. The van der Waals surface area contributed by atoms with Crippen LogP contribution in [0.2, 0.25) is 0 Å². The van der Waals surface area contributed by atoms with Crippen LogP contribution in [0.4, 0.5) is 4.48 Å². The first-order valence-electron chi connectivity index (χ1n) is 3.62. The van der Waals surface area contributed by atoms with Crippen molar-refractivity contribution in [2.75, 3.05) is 0 Å². The first-order valence-corrected chi connectivity index (χ1v) is 3.62. The predicted molar refractivity (Wildman–Crippen MR) is 37.8 cm³/mol. The summed E-state index contributed by atoms with van der Waals surface area (Å²) in [7, 11) is 0. The first-order chi connectivity index (χ1) is 4.24. The van der Waals surface area contributed by atoms with Crippen LogP contribution in [-0.2, 0) is 0 Å². The SMILES string of the molecule is CCC(CC)(CC)NF. The molecule has 0 unspecified atom stereocenters. The zero-order valence-electron chi connectivity index (χ0n) is 6.50. The van der Waals surface area contributed by atoms with Gasteiger partial charge in [0.25, 0.3) is 0 Å². The number of nitrogens with one attached hydrogen (secondary N) is 1. The van der Waals surface area contributed by atoms with Gasteiger partial charge in [-0.2, -0.15) is 5.54 Å². The summed E-state index contributed by atoms with van der Waals surface area (Å²) in [5.41, 5.74) is 1.61. The molecule has 0 saturated heterocycles. The van der Waals surface area contributed by atoms with Gasteiger partial charge >= 0.3 is 0 Å². The molecule has 0 aromatic heterocycles. The van der Waals surface area contributed by atoms with E-state index in [9.17, 15) is 4.48 Å². The predicted octanol–water partition coefficient (Wildman–Crippen LogP) is 2.43. The van der Waals surface area contributed by atoms with E-state index in [1.165, 1.54) is 0 Å². The largest absolute Gasteiger partial charge is 0.153 e. The Hall–Kier alpha value is -0.110. The van der Waals surface area contributed by atoms with Gasteiger partial charge in [0.15, 0.2) is 0 Å². The molecule has 56 valence electrons. The van der Waals surface area contributed by atoms with Crippen molar-refractivity contribution in [3.05, 3.63) is 0 Å². The second-order valence-corrected chi connectivity index (χ2v) is 2.44. The number of halogens is 1. The second kappa shape index (κ2) is 3.83. The minimum absolute atomic E-state index is 0.250. The molecule has 2 heteroatoms. The van der Waals surface area contributed by atoms with Crippen LogP contribution < -0.4 is 5.54 Å². The van der Waals surface area contributed by atoms with E-state index in [-0.39, 0.29) is 5.54 Å². The van der Waals surface area contributed by atoms with Crippen molar-refractivity contribution in [1.29, 1.82) is 0 Å². The summed E-state index contributed by atoms with van der Waals surface area (Å²) in [6.07, 6.45) is 2.57. The number of hydrogen-bond donors (Lipinski definition) is 1. The minimum atomic E-state index is -0.250. The molecule has 0 aliphatic heterocycles. The van der Waals surface area contributed by atoms with Crippen LogP contribution in [0.1, 0.15) is 40.0 Å². The Labute approximate surface area is 56.6 Å². The standard InChI is InChI=1S/C7H16FN/c1-4-7(5-2,6-3)9-8/h9H,4-6H2,1-3H3. The van der Waals surface area contributed by atoms with E-state index < -0.39 is 0 Å². The van der Waals surface area contributed by atoms with Gasteiger partial charge in [0.1, 0.15) is 0 Å². The zero-order valence-corrected chi connectivity index (χ0v) is 6.50. The zero-order chi connectivity index (χ0) is 7.33. The lowest BCUT2D eigenvalue weighted by Crippen LogP contribution is -2.38. The lowest BCUT2D eigenvalue weighted by Gasteiger charge is -2.26. The summed E-state index contributed by atoms with van der Waals surface area (Å²) >= 11 is 0. The lowest BCUT2D eigenvalue weighted by molar-refractivity contribution is 0.152. The molecule has 0 aliphatic carbocycles. The number of hydrogen-bond acceptors (Lipinski definition) is 1. The third kappa shape index (κ3) is 1.94. The minimum Gasteiger partial charge on any atom is -0.153 e. The van der Waals surface area contributed by atoms with Crippen LogP contribution in [0, 0.1) is 0 Å². The maximum absolute atomic E-state index is 12.1. The van der Waals surface area contributed by atoms with Crippen LogP contribution in [0.3, 0.4) is 0 Å². The molecule has 0 amide bonds. The van der Waals surface area contributed by atoms with Gasteiger partial charge in [-0.15, -0.1) is 4.48 Å². The summed E-state index contributed by atoms with van der Waals surface area (Å²) in [6, 6.07) is 0.